The zero-order valence-corrected chi connectivity index (χ0v) is 16.0. The van der Waals surface area contributed by atoms with Crippen LogP contribution in [0.15, 0.2) is 15.9 Å². The number of hydrogen-bond acceptors (Lipinski definition) is 4. The predicted molar refractivity (Wildman–Crippen MR) is 94.3 cm³/mol. The van der Waals surface area contributed by atoms with Crippen LogP contribution in [0.1, 0.15) is 51.5 Å². The molecule has 2 atom stereocenters. The summed E-state index contributed by atoms with van der Waals surface area (Å²) in [6.45, 7) is 8.40. The molecule has 1 aromatic rings. The topological polar surface area (TPSA) is 50.4 Å². The van der Waals surface area contributed by atoms with Crippen LogP contribution in [0.25, 0.3) is 0 Å². The summed E-state index contributed by atoms with van der Waals surface area (Å²) in [6, 6.07) is 4.78. The van der Waals surface area contributed by atoms with Gasteiger partial charge in [-0.3, -0.25) is 0 Å². The highest BCUT2D eigenvalue weighted by atomic mass is 79.9. The van der Waals surface area contributed by atoms with E-state index in [1.807, 2.05) is 20.8 Å². The Kier molecular flexibility index (Phi) is 5.91. The smallest absolute Gasteiger partial charge is 0.407 e. The Morgan fingerprint density at radius 1 is 1.45 bits per heavy atom. The third kappa shape index (κ3) is 5.89. The molecule has 0 spiro atoms. The molecule has 22 heavy (non-hydrogen) atoms. The highest BCUT2D eigenvalue weighted by molar-refractivity contribution is 9.11. The monoisotopic (exact) mass is 388 g/mol. The molecule has 1 fully saturated rings. The average molecular weight is 389 g/mol. The van der Waals surface area contributed by atoms with Crippen molar-refractivity contribution in [1.29, 1.82) is 0 Å². The molecule has 6 heteroatoms. The van der Waals surface area contributed by atoms with Crippen molar-refractivity contribution >= 4 is 33.4 Å². The lowest BCUT2D eigenvalue weighted by atomic mass is 10.1. The molecule has 0 aromatic carbocycles. The van der Waals surface area contributed by atoms with E-state index in [2.05, 4.69) is 45.6 Å². The normalized spacial score (nSPS) is 17.9. The minimum Gasteiger partial charge on any atom is -0.444 e. The molecule has 124 valence electrons. The first-order chi connectivity index (χ1) is 10.2. The number of alkyl carbamates (subject to hydrolysis) is 1. The molecule has 1 aliphatic carbocycles. The number of ether oxygens (including phenoxy) is 1. The Morgan fingerprint density at radius 2 is 2.14 bits per heavy atom. The standard InChI is InChI=1S/C16H25BrN2O2S/c1-10(13-7-8-14(17)22-13)19-12(11-5-6-11)9-18-15(20)21-16(2,3)4/h7-8,10-12,19H,5-6,9H2,1-4H3,(H,18,20). The van der Waals surface area contributed by atoms with E-state index in [-0.39, 0.29) is 12.1 Å². The van der Waals surface area contributed by atoms with Crippen LogP contribution in [0, 0.1) is 5.92 Å². The summed E-state index contributed by atoms with van der Waals surface area (Å²) in [6.07, 6.45) is 2.12. The number of hydrogen-bond donors (Lipinski definition) is 2. The van der Waals surface area contributed by atoms with Crippen LogP contribution in [-0.2, 0) is 4.74 Å². The molecule has 1 saturated carbocycles. The first-order valence-electron chi connectivity index (χ1n) is 7.73. The summed E-state index contributed by atoms with van der Waals surface area (Å²) in [7, 11) is 0. The van der Waals surface area contributed by atoms with Crippen molar-refractivity contribution in [2.45, 2.75) is 58.2 Å². The number of rotatable bonds is 6. The number of carbonyl (C=O) groups excluding carboxylic acids is 1. The van der Waals surface area contributed by atoms with Crippen LogP contribution in [0.3, 0.4) is 0 Å². The van der Waals surface area contributed by atoms with Crippen molar-refractivity contribution in [3.63, 3.8) is 0 Å². The lowest BCUT2D eigenvalue weighted by Gasteiger charge is -2.25. The molecule has 0 radical (unpaired) electrons. The van der Waals surface area contributed by atoms with Gasteiger partial charge in [0.25, 0.3) is 0 Å². The van der Waals surface area contributed by atoms with Gasteiger partial charge in [0.05, 0.1) is 3.79 Å². The van der Waals surface area contributed by atoms with Crippen LogP contribution >= 0.6 is 27.3 Å². The van der Waals surface area contributed by atoms with Gasteiger partial charge in [-0.2, -0.15) is 0 Å². The number of carbonyl (C=O) groups is 1. The SMILES string of the molecule is CC(NC(CNC(=O)OC(C)(C)C)C1CC1)c1ccc(Br)s1. The summed E-state index contributed by atoms with van der Waals surface area (Å²) in [5, 5.41) is 6.54. The van der Waals surface area contributed by atoms with Gasteiger partial charge in [0.1, 0.15) is 5.60 Å². The maximum atomic E-state index is 11.8. The van der Waals surface area contributed by atoms with E-state index in [4.69, 9.17) is 4.74 Å². The number of nitrogens with one attached hydrogen (secondary N) is 2. The molecule has 0 saturated heterocycles. The van der Waals surface area contributed by atoms with Crippen LogP contribution in [-0.4, -0.2) is 24.3 Å². The fourth-order valence-corrected chi connectivity index (χ4v) is 3.77. The minimum atomic E-state index is -0.455. The van der Waals surface area contributed by atoms with E-state index in [0.29, 0.717) is 18.5 Å². The van der Waals surface area contributed by atoms with Gasteiger partial charge >= 0.3 is 6.09 Å². The average Bonchev–Trinajstić information content (AvgIpc) is 3.14. The molecule has 1 aromatic heterocycles. The van der Waals surface area contributed by atoms with Gasteiger partial charge < -0.3 is 15.4 Å². The van der Waals surface area contributed by atoms with Crippen molar-refractivity contribution in [3.05, 3.63) is 20.8 Å². The number of halogens is 1. The molecule has 0 bridgehead atoms. The second-order valence-corrected chi connectivity index (χ2v) is 9.35. The Morgan fingerprint density at radius 3 is 2.64 bits per heavy atom. The van der Waals surface area contributed by atoms with Gasteiger partial charge in [-0.1, -0.05) is 0 Å². The summed E-state index contributed by atoms with van der Waals surface area (Å²) < 4.78 is 6.44. The van der Waals surface area contributed by atoms with Crippen molar-refractivity contribution < 1.29 is 9.53 Å². The van der Waals surface area contributed by atoms with Gasteiger partial charge in [0.15, 0.2) is 0 Å². The quantitative estimate of drug-likeness (QED) is 0.755. The maximum absolute atomic E-state index is 11.8. The second-order valence-electron chi connectivity index (χ2n) is 6.86. The minimum absolute atomic E-state index is 0.280. The lowest BCUT2D eigenvalue weighted by molar-refractivity contribution is 0.0520. The molecule has 0 aliphatic heterocycles. The molecule has 1 heterocycles. The van der Waals surface area contributed by atoms with E-state index < -0.39 is 5.60 Å². The Bertz CT molecular complexity index is 508. The van der Waals surface area contributed by atoms with Crippen LogP contribution in [0.2, 0.25) is 0 Å². The van der Waals surface area contributed by atoms with E-state index in [1.54, 1.807) is 11.3 Å². The third-order valence-electron chi connectivity index (χ3n) is 3.54. The zero-order chi connectivity index (χ0) is 16.3. The number of amides is 1. The molecule has 2 rings (SSSR count). The summed E-state index contributed by atoms with van der Waals surface area (Å²) in [5.41, 5.74) is -0.455. The van der Waals surface area contributed by atoms with Gasteiger partial charge in [-0.05, 0) is 74.5 Å². The zero-order valence-electron chi connectivity index (χ0n) is 13.6. The van der Waals surface area contributed by atoms with E-state index in [1.165, 1.54) is 17.7 Å². The van der Waals surface area contributed by atoms with Crippen molar-refractivity contribution in [1.82, 2.24) is 10.6 Å². The Labute approximate surface area is 145 Å². The fraction of sp³-hybridized carbons (Fsp3) is 0.688. The van der Waals surface area contributed by atoms with Crippen LogP contribution < -0.4 is 10.6 Å². The first kappa shape index (κ1) is 17.8. The Hall–Kier alpha value is -0.590. The van der Waals surface area contributed by atoms with Gasteiger partial charge in [-0.15, -0.1) is 11.3 Å². The molecule has 4 nitrogen and oxygen atoms in total. The molecule has 2 unspecified atom stereocenters. The van der Waals surface area contributed by atoms with Crippen molar-refractivity contribution in [2.24, 2.45) is 5.92 Å². The van der Waals surface area contributed by atoms with Crippen LogP contribution in [0.5, 0.6) is 0 Å². The van der Waals surface area contributed by atoms with Gasteiger partial charge in [-0.25, -0.2) is 4.79 Å². The molecule has 1 amide bonds. The van der Waals surface area contributed by atoms with Gasteiger partial charge in [0.2, 0.25) is 0 Å². The van der Waals surface area contributed by atoms with E-state index in [9.17, 15) is 4.79 Å². The van der Waals surface area contributed by atoms with Crippen LogP contribution in [0.4, 0.5) is 4.79 Å². The number of thiophene rings is 1. The largest absolute Gasteiger partial charge is 0.444 e. The fourth-order valence-electron chi connectivity index (χ4n) is 2.33. The lowest BCUT2D eigenvalue weighted by Crippen LogP contribution is -2.44. The Balaban J connectivity index is 1.84. The summed E-state index contributed by atoms with van der Waals surface area (Å²) in [4.78, 5) is 13.1. The van der Waals surface area contributed by atoms with E-state index in [0.717, 1.165) is 3.79 Å². The summed E-state index contributed by atoms with van der Waals surface area (Å²) >= 11 is 5.25. The van der Waals surface area contributed by atoms with Crippen molar-refractivity contribution in [2.75, 3.05) is 6.54 Å². The van der Waals surface area contributed by atoms with Gasteiger partial charge in [0, 0.05) is 23.5 Å². The molecule has 2 N–H and O–H groups in total. The van der Waals surface area contributed by atoms with Crippen molar-refractivity contribution in [3.8, 4) is 0 Å². The molecular weight excluding hydrogens is 364 g/mol. The second kappa shape index (κ2) is 7.32. The predicted octanol–water partition coefficient (Wildman–Crippen LogP) is 4.46. The highest BCUT2D eigenvalue weighted by Gasteiger charge is 2.32. The van der Waals surface area contributed by atoms with E-state index >= 15 is 0 Å². The molecule has 1 aliphatic rings. The summed E-state index contributed by atoms with van der Waals surface area (Å²) in [5.74, 6) is 0.654. The third-order valence-corrected chi connectivity index (χ3v) is 5.35. The highest BCUT2D eigenvalue weighted by Crippen LogP contribution is 2.34. The maximum Gasteiger partial charge on any atom is 0.407 e. The first-order valence-corrected chi connectivity index (χ1v) is 9.33. The molecular formula is C16H25BrN2O2S.